The van der Waals surface area contributed by atoms with Gasteiger partial charge in [-0.15, -0.1) is 0 Å². The van der Waals surface area contributed by atoms with Crippen LogP contribution in [0.15, 0.2) is 60.7 Å². The highest BCUT2D eigenvalue weighted by atomic mass is 16.5. The number of hydrogen-bond donors (Lipinski definition) is 1. The number of ketones is 1. The Labute approximate surface area is 127 Å². The van der Waals surface area contributed by atoms with Crippen molar-refractivity contribution in [3.8, 4) is 17.2 Å². The van der Waals surface area contributed by atoms with E-state index >= 15 is 0 Å². The number of carbonyl (C=O) groups excluding carboxylic acids is 2. The number of benzene rings is 2. The molecule has 0 amide bonds. The van der Waals surface area contributed by atoms with Gasteiger partial charge in [-0.1, -0.05) is 18.2 Å². The van der Waals surface area contributed by atoms with Gasteiger partial charge in [-0.2, -0.15) is 0 Å². The fraction of sp³-hybridized carbons (Fsp3) is 0.0588. The molecule has 0 radical (unpaired) electrons. The number of aromatic hydroxyl groups is 1. The Morgan fingerprint density at radius 2 is 1.73 bits per heavy atom. The summed E-state index contributed by atoms with van der Waals surface area (Å²) in [5.74, 6) is -0.360. The van der Waals surface area contributed by atoms with Gasteiger partial charge in [0.15, 0.2) is 5.78 Å². The molecule has 0 saturated carbocycles. The van der Waals surface area contributed by atoms with Crippen molar-refractivity contribution in [2.75, 3.05) is 7.11 Å². The lowest BCUT2D eigenvalue weighted by Gasteiger charge is -2.07. The van der Waals surface area contributed by atoms with Gasteiger partial charge in [-0.3, -0.25) is 4.79 Å². The summed E-state index contributed by atoms with van der Waals surface area (Å²) in [7, 11) is 1.21. The quantitative estimate of drug-likeness (QED) is 0.521. The highest BCUT2D eigenvalue weighted by Crippen LogP contribution is 2.27. The zero-order chi connectivity index (χ0) is 15.9. The molecule has 0 aliphatic carbocycles. The number of esters is 1. The van der Waals surface area contributed by atoms with Crippen LogP contribution in [0.4, 0.5) is 0 Å². The van der Waals surface area contributed by atoms with Gasteiger partial charge in [-0.25, -0.2) is 4.79 Å². The smallest absolute Gasteiger partial charge is 0.330 e. The van der Waals surface area contributed by atoms with Crippen molar-refractivity contribution in [3.05, 3.63) is 66.2 Å². The van der Waals surface area contributed by atoms with Crippen LogP contribution < -0.4 is 4.74 Å². The fourth-order valence-corrected chi connectivity index (χ4v) is 1.70. The van der Waals surface area contributed by atoms with Crippen molar-refractivity contribution >= 4 is 11.8 Å². The largest absolute Gasteiger partial charge is 0.507 e. The predicted octanol–water partition coefficient (Wildman–Crippen LogP) is 3.10. The third-order valence-corrected chi connectivity index (χ3v) is 2.78. The highest BCUT2D eigenvalue weighted by molar-refractivity contribution is 6.08. The molecule has 5 nitrogen and oxygen atoms in total. The van der Waals surface area contributed by atoms with Gasteiger partial charge < -0.3 is 14.6 Å². The van der Waals surface area contributed by atoms with E-state index in [2.05, 4.69) is 4.74 Å². The Morgan fingerprint density at radius 3 is 2.41 bits per heavy atom. The third-order valence-electron chi connectivity index (χ3n) is 2.78. The minimum absolute atomic E-state index is 0.0357. The molecule has 0 unspecified atom stereocenters. The number of phenols is 1. The van der Waals surface area contributed by atoms with E-state index in [0.717, 1.165) is 12.2 Å². The van der Waals surface area contributed by atoms with E-state index in [0.29, 0.717) is 11.5 Å². The lowest BCUT2D eigenvalue weighted by atomic mass is 10.1. The first-order valence-corrected chi connectivity index (χ1v) is 6.46. The molecule has 0 atom stereocenters. The maximum absolute atomic E-state index is 12.0. The van der Waals surface area contributed by atoms with Crippen LogP contribution in [0, 0.1) is 0 Å². The van der Waals surface area contributed by atoms with Crippen molar-refractivity contribution in [1.82, 2.24) is 0 Å². The number of rotatable bonds is 5. The SMILES string of the molecule is COC(=O)/C=C/C(=O)c1cc(Oc2ccccc2)ccc1O. The van der Waals surface area contributed by atoms with E-state index in [1.165, 1.54) is 19.2 Å². The molecule has 0 fully saturated rings. The molecule has 22 heavy (non-hydrogen) atoms. The van der Waals surface area contributed by atoms with Crippen LogP contribution in [0.2, 0.25) is 0 Å². The maximum Gasteiger partial charge on any atom is 0.330 e. The van der Waals surface area contributed by atoms with Gasteiger partial charge in [-0.05, 0) is 36.4 Å². The van der Waals surface area contributed by atoms with Crippen LogP contribution in [0.5, 0.6) is 17.2 Å². The summed E-state index contributed by atoms with van der Waals surface area (Å²) < 4.78 is 10.00. The molecular formula is C17H14O5. The van der Waals surface area contributed by atoms with Gasteiger partial charge in [0.25, 0.3) is 0 Å². The first-order valence-electron chi connectivity index (χ1n) is 6.46. The van der Waals surface area contributed by atoms with Gasteiger partial charge in [0.2, 0.25) is 0 Å². The molecule has 2 aromatic carbocycles. The van der Waals surface area contributed by atoms with Crippen molar-refractivity contribution in [2.45, 2.75) is 0 Å². The normalized spacial score (nSPS) is 10.4. The molecule has 0 saturated heterocycles. The number of ether oxygens (including phenoxy) is 2. The Kier molecular flexibility index (Phi) is 4.93. The van der Waals surface area contributed by atoms with Gasteiger partial charge in [0.05, 0.1) is 12.7 Å². The summed E-state index contributed by atoms with van der Waals surface area (Å²) in [6.07, 6.45) is 2.03. The molecule has 0 heterocycles. The first kappa shape index (κ1) is 15.3. The maximum atomic E-state index is 12.0. The van der Waals surface area contributed by atoms with E-state index in [9.17, 15) is 14.7 Å². The Morgan fingerprint density at radius 1 is 1.00 bits per heavy atom. The zero-order valence-corrected chi connectivity index (χ0v) is 11.9. The predicted molar refractivity (Wildman–Crippen MR) is 80.1 cm³/mol. The van der Waals surface area contributed by atoms with Crippen molar-refractivity contribution in [2.24, 2.45) is 0 Å². The Balaban J connectivity index is 2.21. The monoisotopic (exact) mass is 298 g/mol. The van der Waals surface area contributed by atoms with Gasteiger partial charge in [0, 0.05) is 6.08 Å². The average Bonchev–Trinajstić information content (AvgIpc) is 2.55. The number of phenolic OH excluding ortho intramolecular Hbond substituents is 1. The second kappa shape index (κ2) is 7.08. The van der Waals surface area contributed by atoms with Crippen LogP contribution in [-0.4, -0.2) is 24.0 Å². The van der Waals surface area contributed by atoms with Crippen LogP contribution in [0.25, 0.3) is 0 Å². The van der Waals surface area contributed by atoms with E-state index in [-0.39, 0.29) is 11.3 Å². The van der Waals surface area contributed by atoms with Crippen molar-refractivity contribution in [1.29, 1.82) is 0 Å². The number of methoxy groups -OCH3 is 1. The summed E-state index contributed by atoms with van der Waals surface area (Å²) >= 11 is 0. The molecule has 0 aliphatic heterocycles. The van der Waals surface area contributed by atoms with E-state index in [1.54, 1.807) is 18.2 Å². The van der Waals surface area contributed by atoms with Crippen LogP contribution in [0.1, 0.15) is 10.4 Å². The van der Waals surface area contributed by atoms with Crippen molar-refractivity contribution < 1.29 is 24.2 Å². The standard InChI is InChI=1S/C17H14O5/c1-21-17(20)10-9-16(19)14-11-13(7-8-15(14)18)22-12-5-3-2-4-6-12/h2-11,18H,1H3/b10-9+. The summed E-state index contributed by atoms with van der Waals surface area (Å²) in [6, 6.07) is 13.3. The topological polar surface area (TPSA) is 72.8 Å². The summed E-state index contributed by atoms with van der Waals surface area (Å²) in [5.41, 5.74) is 0.0357. The minimum Gasteiger partial charge on any atom is -0.507 e. The second-order valence-electron chi connectivity index (χ2n) is 4.31. The molecule has 0 bridgehead atoms. The van der Waals surface area contributed by atoms with Crippen LogP contribution in [-0.2, 0) is 9.53 Å². The number of hydrogen-bond acceptors (Lipinski definition) is 5. The van der Waals surface area contributed by atoms with E-state index < -0.39 is 11.8 Å². The van der Waals surface area contributed by atoms with E-state index in [1.807, 2.05) is 18.2 Å². The molecule has 0 aromatic heterocycles. The molecule has 2 rings (SSSR count). The number of allylic oxidation sites excluding steroid dienone is 1. The lowest BCUT2D eigenvalue weighted by Crippen LogP contribution is -1.99. The number of carbonyl (C=O) groups is 2. The Hall–Kier alpha value is -3.08. The van der Waals surface area contributed by atoms with Gasteiger partial charge >= 0.3 is 5.97 Å². The van der Waals surface area contributed by atoms with Crippen molar-refractivity contribution in [3.63, 3.8) is 0 Å². The fourth-order valence-electron chi connectivity index (χ4n) is 1.70. The molecule has 1 N–H and O–H groups in total. The van der Waals surface area contributed by atoms with Crippen LogP contribution >= 0.6 is 0 Å². The van der Waals surface area contributed by atoms with Gasteiger partial charge in [0.1, 0.15) is 17.2 Å². The summed E-state index contributed by atoms with van der Waals surface area (Å²) in [6.45, 7) is 0. The van der Waals surface area contributed by atoms with Crippen LogP contribution in [0.3, 0.4) is 0 Å². The summed E-state index contributed by atoms with van der Waals surface area (Å²) in [5, 5.41) is 9.77. The van der Waals surface area contributed by atoms with E-state index in [4.69, 9.17) is 4.74 Å². The minimum atomic E-state index is -0.649. The first-order chi connectivity index (χ1) is 10.6. The highest BCUT2D eigenvalue weighted by Gasteiger charge is 2.11. The zero-order valence-electron chi connectivity index (χ0n) is 11.9. The molecule has 2 aromatic rings. The summed E-state index contributed by atoms with van der Waals surface area (Å²) in [4.78, 5) is 23.0. The second-order valence-corrected chi connectivity index (χ2v) is 4.31. The molecule has 0 aliphatic rings. The third kappa shape index (κ3) is 3.96. The Bertz CT molecular complexity index is 704. The molecule has 5 heteroatoms. The molecule has 112 valence electrons. The lowest BCUT2D eigenvalue weighted by molar-refractivity contribution is -0.134. The molecular weight excluding hydrogens is 284 g/mol. The average molecular weight is 298 g/mol. The molecule has 0 spiro atoms. The number of para-hydroxylation sites is 1.